The third kappa shape index (κ3) is 3.05. The molecule has 2 aromatic heterocycles. The van der Waals surface area contributed by atoms with Gasteiger partial charge in [-0.1, -0.05) is 12.1 Å². The number of nitriles is 1. The molecule has 7 nitrogen and oxygen atoms in total. The van der Waals surface area contributed by atoms with Crippen LogP contribution in [-0.4, -0.2) is 23.3 Å². The van der Waals surface area contributed by atoms with E-state index in [1.54, 1.807) is 35.6 Å². The lowest BCUT2D eigenvalue weighted by atomic mass is 9.83. The highest BCUT2D eigenvalue weighted by Gasteiger charge is 2.36. The lowest BCUT2D eigenvalue weighted by Gasteiger charge is -2.24. The number of hydrogen-bond donors (Lipinski definition) is 2. The number of methoxy groups -OCH3 is 1. The van der Waals surface area contributed by atoms with Gasteiger partial charge < -0.3 is 15.2 Å². The summed E-state index contributed by atoms with van der Waals surface area (Å²) in [6.07, 6.45) is 0. The predicted octanol–water partition coefficient (Wildman–Crippen LogP) is 3.76. The van der Waals surface area contributed by atoms with Crippen molar-refractivity contribution in [2.24, 2.45) is 5.73 Å². The molecule has 3 N–H and O–H groups in total. The number of aryl methyl sites for hydroxylation is 2. The van der Waals surface area contributed by atoms with Crippen LogP contribution in [0.2, 0.25) is 0 Å². The number of H-pyrrole nitrogens is 1. The first-order valence-electron chi connectivity index (χ1n) is 8.86. The van der Waals surface area contributed by atoms with E-state index in [0.29, 0.717) is 17.0 Å². The van der Waals surface area contributed by atoms with Gasteiger partial charge in [0.25, 0.3) is 0 Å². The van der Waals surface area contributed by atoms with Crippen molar-refractivity contribution in [1.29, 1.82) is 5.26 Å². The van der Waals surface area contributed by atoms with Gasteiger partial charge in [0.1, 0.15) is 11.6 Å². The van der Waals surface area contributed by atoms with Gasteiger partial charge in [0.15, 0.2) is 0 Å². The third-order valence-electron chi connectivity index (χ3n) is 4.91. The minimum absolute atomic E-state index is 0.0262. The Hall–Kier alpha value is -3.57. The molecule has 1 aromatic carbocycles. The fraction of sp³-hybridized carbons (Fsp3) is 0.190. The van der Waals surface area contributed by atoms with Gasteiger partial charge >= 0.3 is 5.97 Å². The highest BCUT2D eigenvalue weighted by molar-refractivity contribution is 7.12. The van der Waals surface area contributed by atoms with E-state index >= 15 is 0 Å². The number of thiophene rings is 1. The van der Waals surface area contributed by atoms with Crippen molar-refractivity contribution in [2.45, 2.75) is 19.8 Å². The molecule has 0 saturated carbocycles. The third-order valence-corrected chi connectivity index (χ3v) is 5.88. The standard InChI is InChI=1S/C21H18N4O3S/c1-10-8-14(11(2)29-10)18-17-16(12-4-6-13(7-5-12)21(26)27-3)15(9-22)19(23)28-20(17)25-24-18/h4-8,16H,23H2,1-3H3,(H,24,25)/t16-/m1/s1. The first-order chi connectivity index (χ1) is 13.9. The van der Waals surface area contributed by atoms with Crippen molar-refractivity contribution in [3.8, 4) is 23.2 Å². The molecule has 0 amide bonds. The monoisotopic (exact) mass is 406 g/mol. The van der Waals surface area contributed by atoms with Crippen LogP contribution < -0.4 is 10.5 Å². The smallest absolute Gasteiger partial charge is 0.337 e. The minimum atomic E-state index is -0.469. The van der Waals surface area contributed by atoms with Gasteiger partial charge in [-0.05, 0) is 37.6 Å². The molecule has 1 aliphatic heterocycles. The number of allylic oxidation sites excluding steroid dienone is 1. The van der Waals surface area contributed by atoms with Gasteiger partial charge in [0.2, 0.25) is 11.8 Å². The summed E-state index contributed by atoms with van der Waals surface area (Å²) in [4.78, 5) is 14.1. The molecule has 0 fully saturated rings. The number of nitrogens with two attached hydrogens (primary N) is 1. The summed E-state index contributed by atoms with van der Waals surface area (Å²) in [5.41, 5.74) is 10.1. The number of nitrogens with zero attached hydrogens (tertiary/aromatic N) is 2. The zero-order valence-corrected chi connectivity index (χ0v) is 16.9. The number of hydrogen-bond acceptors (Lipinski definition) is 7. The maximum Gasteiger partial charge on any atom is 0.337 e. The van der Waals surface area contributed by atoms with Gasteiger partial charge in [-0.25, -0.2) is 4.79 Å². The molecule has 0 bridgehead atoms. The van der Waals surface area contributed by atoms with E-state index in [9.17, 15) is 10.1 Å². The van der Waals surface area contributed by atoms with E-state index in [1.807, 2.05) is 13.8 Å². The summed E-state index contributed by atoms with van der Waals surface area (Å²) in [5.74, 6) is -0.517. The average Bonchev–Trinajstić information content (AvgIpc) is 3.28. The Morgan fingerprint density at radius 1 is 1.34 bits per heavy atom. The molecule has 1 aliphatic rings. The SMILES string of the molecule is COC(=O)c1ccc([C@@H]2C(C#N)=C(N)Oc3n[nH]c(-c4cc(C)sc4C)c32)cc1. The number of aromatic amines is 1. The summed E-state index contributed by atoms with van der Waals surface area (Å²) in [6.45, 7) is 4.08. The van der Waals surface area contributed by atoms with Gasteiger partial charge in [0.05, 0.1) is 29.8 Å². The van der Waals surface area contributed by atoms with Gasteiger partial charge in [-0.2, -0.15) is 5.26 Å². The van der Waals surface area contributed by atoms with Crippen LogP contribution in [0.3, 0.4) is 0 Å². The van der Waals surface area contributed by atoms with E-state index in [4.69, 9.17) is 15.2 Å². The molecule has 29 heavy (non-hydrogen) atoms. The van der Waals surface area contributed by atoms with Crippen LogP contribution in [0.5, 0.6) is 5.88 Å². The lowest BCUT2D eigenvalue weighted by Crippen LogP contribution is -2.21. The molecule has 1 atom stereocenters. The van der Waals surface area contributed by atoms with Crippen LogP contribution in [0.1, 0.15) is 37.2 Å². The van der Waals surface area contributed by atoms with Crippen LogP contribution in [0, 0.1) is 25.2 Å². The van der Waals surface area contributed by atoms with E-state index in [0.717, 1.165) is 27.3 Å². The Balaban J connectivity index is 1.90. The summed E-state index contributed by atoms with van der Waals surface area (Å²) in [7, 11) is 1.33. The summed E-state index contributed by atoms with van der Waals surface area (Å²) >= 11 is 1.69. The van der Waals surface area contributed by atoms with Crippen molar-refractivity contribution in [1.82, 2.24) is 10.2 Å². The molecule has 0 radical (unpaired) electrons. The Kier molecular flexibility index (Phi) is 4.60. The molecule has 0 unspecified atom stereocenters. The zero-order chi connectivity index (χ0) is 20.7. The molecule has 4 rings (SSSR count). The van der Waals surface area contributed by atoms with Gasteiger partial charge in [-0.3, -0.25) is 5.10 Å². The Labute approximate surface area is 171 Å². The maximum absolute atomic E-state index is 11.8. The average molecular weight is 406 g/mol. The van der Waals surface area contributed by atoms with Crippen LogP contribution in [0.4, 0.5) is 0 Å². The van der Waals surface area contributed by atoms with Crippen molar-refractivity contribution in [3.05, 3.63) is 68.2 Å². The maximum atomic E-state index is 11.8. The van der Waals surface area contributed by atoms with E-state index in [1.165, 1.54) is 12.0 Å². The number of carbonyl (C=O) groups excluding carboxylic acids is 1. The highest BCUT2D eigenvalue weighted by Crippen LogP contribution is 2.46. The van der Waals surface area contributed by atoms with Crippen LogP contribution in [-0.2, 0) is 4.74 Å². The molecule has 3 heterocycles. The molecular formula is C21H18N4O3S. The van der Waals surface area contributed by atoms with E-state index in [2.05, 4.69) is 22.3 Å². The summed E-state index contributed by atoms with van der Waals surface area (Å²) < 4.78 is 10.4. The number of nitrogens with one attached hydrogen (secondary N) is 1. The predicted molar refractivity (Wildman–Crippen MR) is 108 cm³/mol. The molecule has 146 valence electrons. The van der Waals surface area contributed by atoms with Crippen molar-refractivity contribution < 1.29 is 14.3 Å². The second-order valence-electron chi connectivity index (χ2n) is 6.68. The first kappa shape index (κ1) is 18.8. The molecule has 8 heteroatoms. The van der Waals surface area contributed by atoms with Gasteiger partial charge in [0, 0.05) is 15.3 Å². The quantitative estimate of drug-likeness (QED) is 0.640. The number of ether oxygens (including phenoxy) is 2. The van der Waals surface area contributed by atoms with Crippen LogP contribution >= 0.6 is 11.3 Å². The lowest BCUT2D eigenvalue weighted by molar-refractivity contribution is 0.0600. The van der Waals surface area contributed by atoms with Crippen LogP contribution in [0.15, 0.2) is 41.8 Å². The topological polar surface area (TPSA) is 114 Å². The number of fused-ring (bicyclic) bond motifs is 1. The van der Waals surface area contributed by atoms with Crippen molar-refractivity contribution >= 4 is 17.3 Å². The normalized spacial score (nSPS) is 15.4. The van der Waals surface area contributed by atoms with Crippen LogP contribution in [0.25, 0.3) is 11.3 Å². The Morgan fingerprint density at radius 3 is 2.66 bits per heavy atom. The molecular weight excluding hydrogens is 388 g/mol. The fourth-order valence-electron chi connectivity index (χ4n) is 3.59. The summed E-state index contributed by atoms with van der Waals surface area (Å²) in [5, 5.41) is 17.1. The molecule has 3 aromatic rings. The second kappa shape index (κ2) is 7.11. The van der Waals surface area contributed by atoms with Crippen molar-refractivity contribution in [2.75, 3.05) is 7.11 Å². The summed E-state index contributed by atoms with van der Waals surface area (Å²) in [6, 6.07) is 11.2. The largest absolute Gasteiger partial charge is 0.465 e. The molecule has 0 spiro atoms. The van der Waals surface area contributed by atoms with Crippen molar-refractivity contribution in [3.63, 3.8) is 0 Å². The minimum Gasteiger partial charge on any atom is -0.465 e. The first-order valence-corrected chi connectivity index (χ1v) is 9.67. The molecule has 0 aliphatic carbocycles. The van der Waals surface area contributed by atoms with E-state index < -0.39 is 11.9 Å². The van der Waals surface area contributed by atoms with Gasteiger partial charge in [-0.15, -0.1) is 16.4 Å². The number of aromatic nitrogens is 2. The molecule has 0 saturated heterocycles. The zero-order valence-electron chi connectivity index (χ0n) is 16.1. The number of rotatable bonds is 3. The number of carbonyl (C=O) groups is 1. The van der Waals surface area contributed by atoms with E-state index in [-0.39, 0.29) is 5.88 Å². The Bertz CT molecular complexity index is 1180. The second-order valence-corrected chi connectivity index (χ2v) is 8.14. The Morgan fingerprint density at radius 2 is 2.07 bits per heavy atom. The highest BCUT2D eigenvalue weighted by atomic mass is 32.1. The number of benzene rings is 1. The number of esters is 1. The fourth-order valence-corrected chi connectivity index (χ4v) is 4.52.